The van der Waals surface area contributed by atoms with Crippen LogP contribution in [-0.4, -0.2) is 18.8 Å². The molecule has 3 nitrogen and oxygen atoms in total. The third-order valence-corrected chi connectivity index (χ3v) is 2.80. The number of hydrogen-bond donors (Lipinski definition) is 1. The molecule has 1 N–H and O–H groups in total. The Balaban J connectivity index is 2.66. The number of methoxy groups -OCH3 is 1. The highest BCUT2D eigenvalue weighted by molar-refractivity contribution is 5.55. The summed E-state index contributed by atoms with van der Waals surface area (Å²) in [6.45, 7) is 4.42. The molecule has 2 rings (SSSR count). The summed E-state index contributed by atoms with van der Waals surface area (Å²) in [5.41, 5.74) is 2.98. The van der Waals surface area contributed by atoms with E-state index in [0.29, 0.717) is 6.61 Å². The van der Waals surface area contributed by atoms with Crippen molar-refractivity contribution in [1.82, 2.24) is 0 Å². The molecule has 0 spiro atoms. The zero-order valence-corrected chi connectivity index (χ0v) is 9.33. The van der Waals surface area contributed by atoms with E-state index >= 15 is 0 Å². The fraction of sp³-hybridized carbons (Fsp3) is 0.500. The Labute approximate surface area is 89.6 Å². The number of aliphatic hydroxyl groups excluding tert-OH is 1. The Morgan fingerprint density at radius 3 is 2.87 bits per heavy atom. The van der Waals surface area contributed by atoms with E-state index in [1.165, 1.54) is 0 Å². The standard InChI is InChI=1S/C12H16O3/c1-7-6-10-9(4-5-15-10)11(8(2)13)12(7)14-3/h6,8,13H,4-5H2,1-3H3. The van der Waals surface area contributed by atoms with Crippen LogP contribution in [0.1, 0.15) is 29.7 Å². The number of aryl methyl sites for hydroxylation is 1. The molecule has 0 bridgehead atoms. The molecule has 0 fully saturated rings. The summed E-state index contributed by atoms with van der Waals surface area (Å²) < 4.78 is 10.9. The van der Waals surface area contributed by atoms with Crippen LogP contribution in [-0.2, 0) is 6.42 Å². The first-order chi connectivity index (χ1) is 7.15. The Hall–Kier alpha value is -1.22. The van der Waals surface area contributed by atoms with Gasteiger partial charge >= 0.3 is 0 Å². The Kier molecular flexibility index (Phi) is 2.57. The van der Waals surface area contributed by atoms with Gasteiger partial charge in [-0.15, -0.1) is 0 Å². The molecule has 1 aliphatic heterocycles. The molecule has 0 radical (unpaired) electrons. The van der Waals surface area contributed by atoms with Gasteiger partial charge in [0.1, 0.15) is 11.5 Å². The number of ether oxygens (including phenoxy) is 2. The first-order valence-corrected chi connectivity index (χ1v) is 5.16. The lowest BCUT2D eigenvalue weighted by Crippen LogP contribution is -2.02. The predicted octanol–water partition coefficient (Wildman–Crippen LogP) is 1.99. The molecule has 1 heterocycles. The Bertz CT molecular complexity index is 379. The predicted molar refractivity (Wildman–Crippen MR) is 57.6 cm³/mol. The molecule has 1 aliphatic rings. The van der Waals surface area contributed by atoms with Crippen LogP contribution in [0.25, 0.3) is 0 Å². The third-order valence-electron chi connectivity index (χ3n) is 2.80. The SMILES string of the molecule is COc1c(C)cc2c(c1C(C)O)CCO2. The minimum Gasteiger partial charge on any atom is -0.496 e. The maximum absolute atomic E-state index is 9.79. The highest BCUT2D eigenvalue weighted by Gasteiger charge is 2.24. The van der Waals surface area contributed by atoms with Crippen LogP contribution in [0.2, 0.25) is 0 Å². The second-order valence-corrected chi connectivity index (χ2v) is 3.89. The summed E-state index contributed by atoms with van der Waals surface area (Å²) >= 11 is 0. The van der Waals surface area contributed by atoms with Gasteiger partial charge in [0.15, 0.2) is 0 Å². The van der Waals surface area contributed by atoms with Crippen molar-refractivity contribution in [3.63, 3.8) is 0 Å². The Morgan fingerprint density at radius 2 is 2.27 bits per heavy atom. The van der Waals surface area contributed by atoms with E-state index in [-0.39, 0.29) is 0 Å². The van der Waals surface area contributed by atoms with Crippen LogP contribution in [0, 0.1) is 6.92 Å². The van der Waals surface area contributed by atoms with Crippen LogP contribution < -0.4 is 9.47 Å². The van der Waals surface area contributed by atoms with Crippen molar-refractivity contribution in [2.75, 3.05) is 13.7 Å². The van der Waals surface area contributed by atoms with Gasteiger partial charge in [-0.2, -0.15) is 0 Å². The van der Waals surface area contributed by atoms with E-state index in [9.17, 15) is 5.11 Å². The fourth-order valence-electron chi connectivity index (χ4n) is 2.19. The molecular weight excluding hydrogens is 192 g/mol. The Morgan fingerprint density at radius 1 is 1.53 bits per heavy atom. The average molecular weight is 208 g/mol. The molecule has 82 valence electrons. The third kappa shape index (κ3) is 1.57. The van der Waals surface area contributed by atoms with Gasteiger partial charge in [-0.3, -0.25) is 0 Å². The van der Waals surface area contributed by atoms with Gasteiger partial charge in [0, 0.05) is 17.5 Å². The lowest BCUT2D eigenvalue weighted by molar-refractivity contribution is 0.193. The summed E-state index contributed by atoms with van der Waals surface area (Å²) in [6, 6.07) is 1.98. The summed E-state index contributed by atoms with van der Waals surface area (Å²) in [4.78, 5) is 0. The second-order valence-electron chi connectivity index (χ2n) is 3.89. The van der Waals surface area contributed by atoms with E-state index < -0.39 is 6.10 Å². The van der Waals surface area contributed by atoms with Crippen molar-refractivity contribution in [3.8, 4) is 11.5 Å². The summed E-state index contributed by atoms with van der Waals surface area (Å²) in [5, 5.41) is 9.79. The highest BCUT2D eigenvalue weighted by atomic mass is 16.5. The average Bonchev–Trinajstić information content (AvgIpc) is 2.62. The number of benzene rings is 1. The van der Waals surface area contributed by atoms with Crippen LogP contribution in [0.4, 0.5) is 0 Å². The van der Waals surface area contributed by atoms with Gasteiger partial charge in [0.2, 0.25) is 0 Å². The van der Waals surface area contributed by atoms with Gasteiger partial charge in [-0.1, -0.05) is 0 Å². The molecule has 1 aromatic rings. The molecule has 0 aliphatic carbocycles. The zero-order valence-electron chi connectivity index (χ0n) is 9.33. The molecule has 0 aromatic heterocycles. The monoisotopic (exact) mass is 208 g/mol. The maximum Gasteiger partial charge on any atom is 0.128 e. The molecule has 3 heteroatoms. The molecular formula is C12H16O3. The van der Waals surface area contributed by atoms with E-state index in [4.69, 9.17) is 9.47 Å². The smallest absolute Gasteiger partial charge is 0.128 e. The van der Waals surface area contributed by atoms with Gasteiger partial charge in [0.05, 0.1) is 19.8 Å². The van der Waals surface area contributed by atoms with Crippen molar-refractivity contribution in [2.45, 2.75) is 26.4 Å². The summed E-state index contributed by atoms with van der Waals surface area (Å²) in [5.74, 6) is 1.68. The number of hydrogen-bond acceptors (Lipinski definition) is 3. The van der Waals surface area contributed by atoms with E-state index in [2.05, 4.69) is 0 Å². The number of rotatable bonds is 2. The first kappa shape index (κ1) is 10.3. The molecule has 1 aromatic carbocycles. The molecule has 0 saturated carbocycles. The van der Waals surface area contributed by atoms with Crippen molar-refractivity contribution in [2.24, 2.45) is 0 Å². The summed E-state index contributed by atoms with van der Waals surface area (Å²) in [6.07, 6.45) is 0.335. The number of aliphatic hydroxyl groups is 1. The molecule has 0 saturated heterocycles. The fourth-order valence-corrected chi connectivity index (χ4v) is 2.19. The lowest BCUT2D eigenvalue weighted by Gasteiger charge is -2.17. The van der Waals surface area contributed by atoms with Crippen LogP contribution in [0.3, 0.4) is 0 Å². The zero-order chi connectivity index (χ0) is 11.0. The van der Waals surface area contributed by atoms with E-state index in [0.717, 1.165) is 34.6 Å². The molecule has 15 heavy (non-hydrogen) atoms. The minimum atomic E-state index is -0.518. The van der Waals surface area contributed by atoms with Gasteiger partial charge in [-0.05, 0) is 25.5 Å². The van der Waals surface area contributed by atoms with Crippen molar-refractivity contribution >= 4 is 0 Å². The van der Waals surface area contributed by atoms with Gasteiger partial charge in [-0.25, -0.2) is 0 Å². The van der Waals surface area contributed by atoms with E-state index in [1.54, 1.807) is 14.0 Å². The van der Waals surface area contributed by atoms with Crippen LogP contribution >= 0.6 is 0 Å². The van der Waals surface area contributed by atoms with E-state index in [1.807, 2.05) is 13.0 Å². The van der Waals surface area contributed by atoms with Crippen molar-refractivity contribution in [3.05, 3.63) is 22.8 Å². The van der Waals surface area contributed by atoms with Crippen molar-refractivity contribution < 1.29 is 14.6 Å². The summed E-state index contributed by atoms with van der Waals surface area (Å²) in [7, 11) is 1.64. The highest BCUT2D eigenvalue weighted by Crippen LogP contribution is 2.40. The largest absolute Gasteiger partial charge is 0.496 e. The molecule has 1 atom stereocenters. The lowest BCUT2D eigenvalue weighted by atomic mass is 9.97. The van der Waals surface area contributed by atoms with Crippen LogP contribution in [0.15, 0.2) is 6.07 Å². The first-order valence-electron chi connectivity index (χ1n) is 5.16. The van der Waals surface area contributed by atoms with Crippen LogP contribution in [0.5, 0.6) is 11.5 Å². The molecule has 0 amide bonds. The minimum absolute atomic E-state index is 0.518. The molecule has 1 unspecified atom stereocenters. The topological polar surface area (TPSA) is 38.7 Å². The second kappa shape index (κ2) is 3.74. The quantitative estimate of drug-likeness (QED) is 0.807. The normalized spacial score (nSPS) is 15.7. The van der Waals surface area contributed by atoms with Crippen molar-refractivity contribution in [1.29, 1.82) is 0 Å². The van der Waals surface area contributed by atoms with Gasteiger partial charge < -0.3 is 14.6 Å². The van der Waals surface area contributed by atoms with Gasteiger partial charge in [0.25, 0.3) is 0 Å². The number of fused-ring (bicyclic) bond motifs is 1. The maximum atomic E-state index is 9.79.